The first-order valence-electron chi connectivity index (χ1n) is 7.31. The number of para-hydroxylation sites is 1. The van der Waals surface area contributed by atoms with Crippen LogP contribution in [0.3, 0.4) is 0 Å². The molecule has 1 fully saturated rings. The van der Waals surface area contributed by atoms with Crippen LogP contribution in [0, 0.1) is 0 Å². The monoisotopic (exact) mass is 279 g/mol. The maximum absolute atomic E-state index is 10.6. The number of hydrogen-bond donors (Lipinski definition) is 1. The van der Waals surface area contributed by atoms with E-state index in [1.807, 2.05) is 37.4 Å². The summed E-state index contributed by atoms with van der Waals surface area (Å²) in [6.45, 7) is 1.51. The van der Waals surface area contributed by atoms with Crippen LogP contribution in [0.25, 0.3) is 0 Å². The molecule has 4 heteroatoms. The fraction of sp³-hybridized carbons (Fsp3) is 0.625. The van der Waals surface area contributed by atoms with Crippen LogP contribution in [0.1, 0.15) is 19.3 Å². The molecule has 3 atom stereocenters. The van der Waals surface area contributed by atoms with Gasteiger partial charge in [-0.2, -0.15) is 0 Å². The summed E-state index contributed by atoms with van der Waals surface area (Å²) in [5.74, 6) is 0.830. The lowest BCUT2D eigenvalue weighted by Crippen LogP contribution is -2.52. The summed E-state index contributed by atoms with van der Waals surface area (Å²) in [7, 11) is 3.74. The maximum atomic E-state index is 10.6. The number of rotatable bonds is 6. The van der Waals surface area contributed by atoms with Crippen molar-refractivity contribution in [3.63, 3.8) is 0 Å². The highest BCUT2D eigenvalue weighted by molar-refractivity contribution is 5.21. The number of aliphatic hydroxyl groups is 1. The quantitative estimate of drug-likeness (QED) is 0.864. The summed E-state index contributed by atoms with van der Waals surface area (Å²) in [6.07, 6.45) is 2.42. The zero-order valence-corrected chi connectivity index (χ0v) is 12.4. The maximum Gasteiger partial charge on any atom is 0.126 e. The van der Waals surface area contributed by atoms with Gasteiger partial charge in [-0.3, -0.25) is 4.90 Å². The van der Waals surface area contributed by atoms with Crippen molar-refractivity contribution in [3.8, 4) is 5.75 Å². The average Bonchev–Trinajstić information content (AvgIpc) is 2.48. The third-order valence-corrected chi connectivity index (χ3v) is 4.01. The van der Waals surface area contributed by atoms with E-state index in [1.165, 1.54) is 0 Å². The molecule has 1 aliphatic carbocycles. The Morgan fingerprint density at radius 1 is 1.25 bits per heavy atom. The Morgan fingerprint density at radius 3 is 2.70 bits per heavy atom. The zero-order valence-electron chi connectivity index (χ0n) is 12.4. The van der Waals surface area contributed by atoms with Gasteiger partial charge in [0.25, 0.3) is 0 Å². The van der Waals surface area contributed by atoms with Crippen LogP contribution < -0.4 is 4.74 Å². The third kappa shape index (κ3) is 3.95. The van der Waals surface area contributed by atoms with Crippen LogP contribution in [0.5, 0.6) is 5.75 Å². The predicted molar refractivity (Wildman–Crippen MR) is 79.0 cm³/mol. The van der Waals surface area contributed by atoms with E-state index in [2.05, 4.69) is 4.90 Å². The molecule has 0 aromatic heterocycles. The van der Waals surface area contributed by atoms with Gasteiger partial charge in [-0.15, -0.1) is 0 Å². The Morgan fingerprint density at radius 2 is 2.00 bits per heavy atom. The van der Waals surface area contributed by atoms with Crippen LogP contribution in [0.2, 0.25) is 0 Å². The normalized spacial score (nSPS) is 26.7. The van der Waals surface area contributed by atoms with E-state index in [1.54, 1.807) is 7.11 Å². The molecule has 2 rings (SSSR count). The highest BCUT2D eigenvalue weighted by Gasteiger charge is 2.35. The summed E-state index contributed by atoms with van der Waals surface area (Å²) < 4.78 is 11.1. The Hall–Kier alpha value is -1.10. The summed E-state index contributed by atoms with van der Waals surface area (Å²) in [5.41, 5.74) is 0. The van der Waals surface area contributed by atoms with Gasteiger partial charge in [-0.25, -0.2) is 0 Å². The molecule has 1 N–H and O–H groups in total. The molecule has 0 amide bonds. The highest BCUT2D eigenvalue weighted by Crippen LogP contribution is 2.26. The lowest BCUT2D eigenvalue weighted by molar-refractivity contribution is -0.0505. The van der Waals surface area contributed by atoms with Crippen LogP contribution in [-0.2, 0) is 4.74 Å². The Kier molecular flexibility index (Phi) is 5.83. The number of benzene rings is 1. The fourth-order valence-electron chi connectivity index (χ4n) is 2.80. The second kappa shape index (κ2) is 7.62. The first-order valence-corrected chi connectivity index (χ1v) is 7.31. The van der Waals surface area contributed by atoms with Gasteiger partial charge in [-0.05, 0) is 38.4 Å². The van der Waals surface area contributed by atoms with Gasteiger partial charge in [0.15, 0.2) is 0 Å². The second-order valence-electron chi connectivity index (χ2n) is 5.43. The number of ether oxygens (including phenoxy) is 2. The van der Waals surface area contributed by atoms with Gasteiger partial charge >= 0.3 is 0 Å². The summed E-state index contributed by atoms with van der Waals surface area (Å²) in [6, 6.07) is 9.88. The fourth-order valence-corrected chi connectivity index (χ4v) is 2.80. The van der Waals surface area contributed by atoms with Gasteiger partial charge in [0, 0.05) is 19.7 Å². The molecule has 0 spiro atoms. The van der Waals surface area contributed by atoms with E-state index in [9.17, 15) is 5.11 Å². The van der Waals surface area contributed by atoms with Crippen LogP contribution in [0.4, 0.5) is 0 Å². The number of aliphatic hydroxyl groups excluding tert-OH is 1. The molecular weight excluding hydrogens is 254 g/mol. The van der Waals surface area contributed by atoms with Crippen molar-refractivity contribution in [3.05, 3.63) is 30.3 Å². The minimum atomic E-state index is -0.453. The van der Waals surface area contributed by atoms with Gasteiger partial charge < -0.3 is 14.6 Å². The molecule has 0 heterocycles. The lowest BCUT2D eigenvalue weighted by Gasteiger charge is -2.39. The number of methoxy groups -OCH3 is 1. The number of likely N-dealkylation sites (N-methyl/N-ethyl adjacent to an activating group) is 1. The lowest BCUT2D eigenvalue weighted by atomic mass is 9.89. The Bertz CT molecular complexity index is 385. The van der Waals surface area contributed by atoms with Gasteiger partial charge in [0.05, 0.1) is 6.61 Å². The largest absolute Gasteiger partial charge is 0.488 e. The van der Waals surface area contributed by atoms with E-state index in [4.69, 9.17) is 9.47 Å². The van der Waals surface area contributed by atoms with Crippen molar-refractivity contribution < 1.29 is 14.6 Å². The molecule has 1 saturated carbocycles. The Balaban J connectivity index is 1.94. The molecule has 0 radical (unpaired) electrons. The summed E-state index contributed by atoms with van der Waals surface area (Å²) >= 11 is 0. The first kappa shape index (κ1) is 15.3. The molecular formula is C16H25NO3. The van der Waals surface area contributed by atoms with Crippen molar-refractivity contribution in [1.82, 2.24) is 4.90 Å². The minimum Gasteiger partial charge on any atom is -0.488 e. The standard InChI is InChI=1S/C16H25NO3/c1-17(11-12-19-2)14-9-6-10-15(16(14)18)20-13-7-4-3-5-8-13/h3-5,7-8,14-16,18H,6,9-12H2,1-2H3/t14-,15+,16+/m1/s1. The van der Waals surface area contributed by atoms with Crippen LogP contribution in [0.15, 0.2) is 30.3 Å². The van der Waals surface area contributed by atoms with E-state index < -0.39 is 6.10 Å². The van der Waals surface area contributed by atoms with E-state index in [-0.39, 0.29) is 12.1 Å². The molecule has 1 aromatic rings. The van der Waals surface area contributed by atoms with Gasteiger partial charge in [0.2, 0.25) is 0 Å². The van der Waals surface area contributed by atoms with Gasteiger partial charge in [0.1, 0.15) is 18.0 Å². The van der Waals surface area contributed by atoms with Crippen molar-refractivity contribution in [2.45, 2.75) is 37.5 Å². The summed E-state index contributed by atoms with van der Waals surface area (Å²) in [5, 5.41) is 10.6. The van der Waals surface area contributed by atoms with Crippen molar-refractivity contribution in [2.24, 2.45) is 0 Å². The second-order valence-corrected chi connectivity index (χ2v) is 5.43. The number of hydrogen-bond acceptors (Lipinski definition) is 4. The molecule has 1 aliphatic rings. The first-order chi connectivity index (χ1) is 9.72. The third-order valence-electron chi connectivity index (χ3n) is 4.01. The molecule has 4 nitrogen and oxygen atoms in total. The van der Waals surface area contributed by atoms with Crippen molar-refractivity contribution >= 4 is 0 Å². The predicted octanol–water partition coefficient (Wildman–Crippen LogP) is 1.93. The topological polar surface area (TPSA) is 41.9 Å². The Labute approximate surface area is 121 Å². The van der Waals surface area contributed by atoms with E-state index in [0.717, 1.165) is 31.6 Å². The average molecular weight is 279 g/mol. The minimum absolute atomic E-state index is 0.124. The molecule has 0 unspecified atom stereocenters. The number of nitrogens with zero attached hydrogens (tertiary/aromatic N) is 1. The highest BCUT2D eigenvalue weighted by atomic mass is 16.5. The van der Waals surface area contributed by atoms with Crippen molar-refractivity contribution in [2.75, 3.05) is 27.3 Å². The zero-order chi connectivity index (χ0) is 14.4. The van der Waals surface area contributed by atoms with Crippen LogP contribution in [-0.4, -0.2) is 55.6 Å². The molecule has 0 bridgehead atoms. The molecule has 1 aromatic carbocycles. The summed E-state index contributed by atoms with van der Waals surface area (Å²) in [4.78, 5) is 2.18. The van der Waals surface area contributed by atoms with Crippen molar-refractivity contribution in [1.29, 1.82) is 0 Å². The smallest absolute Gasteiger partial charge is 0.126 e. The van der Waals surface area contributed by atoms with Crippen LogP contribution >= 0.6 is 0 Å². The molecule has 20 heavy (non-hydrogen) atoms. The van der Waals surface area contributed by atoms with Gasteiger partial charge in [-0.1, -0.05) is 18.2 Å². The van der Waals surface area contributed by atoms with E-state index in [0.29, 0.717) is 6.61 Å². The SMILES string of the molecule is COCCN(C)[C@@H]1CCC[C@H](Oc2ccccc2)[C@H]1O. The molecule has 0 saturated heterocycles. The molecule has 0 aliphatic heterocycles. The van der Waals surface area contributed by atoms with E-state index >= 15 is 0 Å². The molecule has 112 valence electrons.